The molecule has 102 valence electrons. The number of nitrogens with one attached hydrogen (secondary N) is 1. The lowest BCUT2D eigenvalue weighted by Crippen LogP contribution is -1.99. The predicted molar refractivity (Wildman–Crippen MR) is 89.8 cm³/mol. The molecule has 1 N–H and O–H groups in total. The Kier molecular flexibility index (Phi) is 4.74. The Balaban J connectivity index is 2.49. The molecule has 0 saturated carbocycles. The molecule has 0 spiro atoms. The highest BCUT2D eigenvalue weighted by molar-refractivity contribution is 9.10. The lowest BCUT2D eigenvalue weighted by molar-refractivity contribution is 1.31. The molecule has 0 saturated heterocycles. The third-order valence-electron chi connectivity index (χ3n) is 3.12. The first-order chi connectivity index (χ1) is 9.56. The molecule has 0 fully saturated rings. The number of halogens is 1. The van der Waals surface area contributed by atoms with Crippen molar-refractivity contribution in [3.63, 3.8) is 0 Å². The van der Waals surface area contributed by atoms with E-state index < -0.39 is 0 Å². The van der Waals surface area contributed by atoms with Crippen LogP contribution in [0.15, 0.2) is 39.7 Å². The summed E-state index contributed by atoms with van der Waals surface area (Å²) in [7, 11) is 0. The third-order valence-corrected chi connectivity index (χ3v) is 4.35. The van der Waals surface area contributed by atoms with Crippen LogP contribution in [-0.2, 0) is 0 Å². The zero-order chi connectivity index (χ0) is 14.7. The molecule has 4 heteroatoms. The molecule has 0 unspecified atom stereocenters. The van der Waals surface area contributed by atoms with Crippen LogP contribution in [0.2, 0.25) is 0 Å². The van der Waals surface area contributed by atoms with Gasteiger partial charge in [0.25, 0.3) is 0 Å². The van der Waals surface area contributed by atoms with Gasteiger partial charge in [-0.3, -0.25) is 0 Å². The van der Waals surface area contributed by atoms with Crippen LogP contribution in [-0.4, -0.2) is 6.26 Å². The number of nitrogens with zero attached hydrogens (tertiary/aromatic N) is 1. The summed E-state index contributed by atoms with van der Waals surface area (Å²) >= 11 is 5.09. The molecule has 0 aliphatic rings. The van der Waals surface area contributed by atoms with Crippen LogP contribution in [0.5, 0.6) is 0 Å². The average Bonchev–Trinajstić information content (AvgIpc) is 2.42. The Morgan fingerprint density at radius 2 is 1.85 bits per heavy atom. The van der Waals surface area contributed by atoms with E-state index in [1.807, 2.05) is 24.5 Å². The van der Waals surface area contributed by atoms with E-state index in [1.165, 1.54) is 0 Å². The molecular weight excluding hydrogens is 332 g/mol. The number of nitriles is 1. The van der Waals surface area contributed by atoms with Gasteiger partial charge in [-0.2, -0.15) is 5.26 Å². The fourth-order valence-corrected chi connectivity index (χ4v) is 3.42. The van der Waals surface area contributed by atoms with Crippen molar-refractivity contribution >= 4 is 39.1 Å². The summed E-state index contributed by atoms with van der Waals surface area (Å²) in [6, 6.07) is 12.3. The number of thioether (sulfide) groups is 1. The van der Waals surface area contributed by atoms with Gasteiger partial charge in [-0.1, -0.05) is 22.0 Å². The molecule has 2 rings (SSSR count). The topological polar surface area (TPSA) is 35.8 Å². The largest absolute Gasteiger partial charge is 0.354 e. The van der Waals surface area contributed by atoms with E-state index in [0.29, 0.717) is 5.56 Å². The Morgan fingerprint density at radius 1 is 1.20 bits per heavy atom. The zero-order valence-corrected chi connectivity index (χ0v) is 14.0. The van der Waals surface area contributed by atoms with Crippen LogP contribution < -0.4 is 5.32 Å². The van der Waals surface area contributed by atoms with Crippen molar-refractivity contribution in [3.8, 4) is 6.07 Å². The van der Waals surface area contributed by atoms with Crippen LogP contribution >= 0.6 is 27.7 Å². The minimum atomic E-state index is 0.696. The van der Waals surface area contributed by atoms with Crippen LogP contribution in [0.25, 0.3) is 0 Å². The summed E-state index contributed by atoms with van der Waals surface area (Å²) in [4.78, 5) is 0.991. The average molecular weight is 347 g/mol. The number of hydrogen-bond donors (Lipinski definition) is 1. The van der Waals surface area contributed by atoms with Gasteiger partial charge < -0.3 is 5.32 Å². The fraction of sp³-hybridized carbons (Fsp3) is 0.188. The second-order valence-corrected chi connectivity index (χ2v) is 6.30. The van der Waals surface area contributed by atoms with Gasteiger partial charge in [0.2, 0.25) is 0 Å². The highest BCUT2D eigenvalue weighted by atomic mass is 79.9. The molecular formula is C16H15BrN2S. The number of anilines is 2. The molecule has 0 atom stereocenters. The van der Waals surface area contributed by atoms with Crippen LogP contribution in [0.1, 0.15) is 16.7 Å². The lowest BCUT2D eigenvalue weighted by atomic mass is 10.1. The number of benzene rings is 2. The molecule has 0 radical (unpaired) electrons. The van der Waals surface area contributed by atoms with Crippen LogP contribution in [0.3, 0.4) is 0 Å². The van der Waals surface area contributed by atoms with Crippen molar-refractivity contribution in [1.29, 1.82) is 5.26 Å². The Morgan fingerprint density at radius 3 is 2.40 bits per heavy atom. The van der Waals surface area contributed by atoms with E-state index in [1.54, 1.807) is 11.8 Å². The minimum absolute atomic E-state index is 0.696. The van der Waals surface area contributed by atoms with E-state index in [-0.39, 0.29) is 0 Å². The molecule has 2 aromatic rings. The number of aryl methyl sites for hydroxylation is 2. The maximum Gasteiger partial charge on any atom is 0.103 e. The van der Waals surface area contributed by atoms with Gasteiger partial charge in [0.05, 0.1) is 11.3 Å². The first kappa shape index (κ1) is 15.0. The van der Waals surface area contributed by atoms with Crippen molar-refractivity contribution in [2.24, 2.45) is 0 Å². The van der Waals surface area contributed by atoms with Crippen molar-refractivity contribution in [1.82, 2.24) is 0 Å². The van der Waals surface area contributed by atoms with Gasteiger partial charge in [-0.25, -0.2) is 0 Å². The second-order valence-electron chi connectivity index (χ2n) is 4.53. The van der Waals surface area contributed by atoms with Gasteiger partial charge in [-0.05, 0) is 55.5 Å². The third kappa shape index (κ3) is 3.00. The molecule has 2 nitrogen and oxygen atoms in total. The molecule has 0 aliphatic carbocycles. The van der Waals surface area contributed by atoms with E-state index >= 15 is 0 Å². The van der Waals surface area contributed by atoms with Crippen molar-refractivity contribution in [3.05, 3.63) is 51.5 Å². The Labute approximate surface area is 132 Å². The number of hydrogen-bond acceptors (Lipinski definition) is 3. The maximum absolute atomic E-state index is 9.38. The number of rotatable bonds is 3. The van der Waals surface area contributed by atoms with Gasteiger partial charge in [-0.15, -0.1) is 11.8 Å². The minimum Gasteiger partial charge on any atom is -0.354 e. The summed E-state index contributed by atoms with van der Waals surface area (Å²) in [5.74, 6) is 0. The summed E-state index contributed by atoms with van der Waals surface area (Å²) in [5, 5.41) is 12.8. The molecule has 0 amide bonds. The summed E-state index contributed by atoms with van der Waals surface area (Å²) in [5.41, 5.74) is 4.91. The first-order valence-electron chi connectivity index (χ1n) is 6.17. The van der Waals surface area contributed by atoms with Gasteiger partial charge in [0, 0.05) is 15.1 Å². The second kappa shape index (κ2) is 6.34. The van der Waals surface area contributed by atoms with Crippen LogP contribution in [0, 0.1) is 25.2 Å². The van der Waals surface area contributed by atoms with Crippen molar-refractivity contribution < 1.29 is 0 Å². The first-order valence-corrected chi connectivity index (χ1v) is 8.19. The SMILES string of the molecule is CSc1cccc(Nc2c(C)cc(Br)cc2C)c1C#N. The summed E-state index contributed by atoms with van der Waals surface area (Å²) < 4.78 is 1.07. The quantitative estimate of drug-likeness (QED) is 0.755. The van der Waals surface area contributed by atoms with Gasteiger partial charge in [0.15, 0.2) is 0 Å². The highest BCUT2D eigenvalue weighted by Crippen LogP contribution is 2.32. The van der Waals surface area contributed by atoms with E-state index in [2.05, 4.69) is 53.3 Å². The molecule has 0 aliphatic heterocycles. The molecule has 2 aromatic carbocycles. The van der Waals surface area contributed by atoms with Crippen molar-refractivity contribution in [2.45, 2.75) is 18.7 Å². The predicted octanol–water partition coefficient (Wildman–Crippen LogP) is 5.40. The molecule has 0 bridgehead atoms. The fourth-order valence-electron chi connectivity index (χ4n) is 2.16. The molecule has 0 aromatic heterocycles. The maximum atomic E-state index is 9.38. The van der Waals surface area contributed by atoms with E-state index in [4.69, 9.17) is 0 Å². The molecule has 20 heavy (non-hydrogen) atoms. The summed E-state index contributed by atoms with van der Waals surface area (Å²) in [6.45, 7) is 4.12. The van der Waals surface area contributed by atoms with Gasteiger partial charge >= 0.3 is 0 Å². The molecule has 0 heterocycles. The highest BCUT2D eigenvalue weighted by Gasteiger charge is 2.10. The normalized spacial score (nSPS) is 10.2. The standard InChI is InChI=1S/C16H15BrN2S/c1-10-7-12(17)8-11(2)16(10)19-14-5-4-6-15(20-3)13(14)9-18/h4-8,19H,1-3H3. The monoisotopic (exact) mass is 346 g/mol. The van der Waals surface area contributed by atoms with Crippen LogP contribution in [0.4, 0.5) is 11.4 Å². The Hall–Kier alpha value is -1.44. The van der Waals surface area contributed by atoms with E-state index in [9.17, 15) is 5.26 Å². The smallest absolute Gasteiger partial charge is 0.103 e. The zero-order valence-electron chi connectivity index (χ0n) is 11.6. The van der Waals surface area contributed by atoms with Crippen molar-refractivity contribution in [2.75, 3.05) is 11.6 Å². The lowest BCUT2D eigenvalue weighted by Gasteiger charge is -2.15. The van der Waals surface area contributed by atoms with Gasteiger partial charge in [0.1, 0.15) is 6.07 Å². The van der Waals surface area contributed by atoms with E-state index in [0.717, 1.165) is 31.9 Å². The summed E-state index contributed by atoms with van der Waals surface area (Å²) in [6.07, 6.45) is 1.98. The Bertz CT molecular complexity index is 666.